The van der Waals surface area contributed by atoms with Gasteiger partial charge < -0.3 is 10.1 Å². The van der Waals surface area contributed by atoms with Gasteiger partial charge in [0, 0.05) is 5.69 Å². The van der Waals surface area contributed by atoms with E-state index >= 15 is 0 Å². The van der Waals surface area contributed by atoms with Crippen LogP contribution in [0.2, 0.25) is 0 Å². The van der Waals surface area contributed by atoms with Crippen molar-refractivity contribution in [3.63, 3.8) is 0 Å². The molecular formula is C22H18FN3O2S. The summed E-state index contributed by atoms with van der Waals surface area (Å²) in [4.78, 5) is 12.0. The highest BCUT2D eigenvalue weighted by atomic mass is 32.1. The van der Waals surface area contributed by atoms with Crippen LogP contribution in [0.4, 0.5) is 10.1 Å². The molecule has 0 spiro atoms. The van der Waals surface area contributed by atoms with E-state index in [1.807, 2.05) is 31.2 Å². The van der Waals surface area contributed by atoms with E-state index in [0.717, 1.165) is 16.8 Å². The van der Waals surface area contributed by atoms with Crippen LogP contribution in [0.15, 0.2) is 77.9 Å². The lowest BCUT2D eigenvalue weighted by molar-refractivity contribution is 0.0730. The summed E-state index contributed by atoms with van der Waals surface area (Å²) in [6.45, 7) is 2.00. The van der Waals surface area contributed by atoms with Crippen LogP contribution in [-0.4, -0.2) is 17.3 Å². The number of hydrogen-bond acceptors (Lipinski definition) is 4. The number of rotatable bonds is 5. The van der Waals surface area contributed by atoms with Crippen LogP contribution < -0.4 is 15.5 Å². The Bertz CT molecular complexity index is 1050. The van der Waals surface area contributed by atoms with E-state index in [2.05, 4.69) is 15.8 Å². The Morgan fingerprint density at radius 3 is 2.55 bits per heavy atom. The monoisotopic (exact) mass is 407 g/mol. The third-order valence-corrected chi connectivity index (χ3v) is 4.03. The molecule has 3 aromatic rings. The average molecular weight is 407 g/mol. The number of ether oxygens (including phenoxy) is 1. The summed E-state index contributed by atoms with van der Waals surface area (Å²) >= 11 is 5.20. The fourth-order valence-electron chi connectivity index (χ4n) is 2.46. The van der Waals surface area contributed by atoms with Gasteiger partial charge in [-0.3, -0.25) is 5.43 Å². The first kappa shape index (κ1) is 20.2. The van der Waals surface area contributed by atoms with E-state index in [9.17, 15) is 9.18 Å². The number of halogens is 1. The van der Waals surface area contributed by atoms with E-state index in [1.165, 1.54) is 18.2 Å². The second-order valence-electron chi connectivity index (χ2n) is 6.13. The highest BCUT2D eigenvalue weighted by Crippen LogP contribution is 2.15. The summed E-state index contributed by atoms with van der Waals surface area (Å²) in [6.07, 6.45) is 1.58. The van der Waals surface area contributed by atoms with Crippen LogP contribution in [0, 0.1) is 12.7 Å². The van der Waals surface area contributed by atoms with Crippen molar-refractivity contribution >= 4 is 35.2 Å². The number of esters is 1. The van der Waals surface area contributed by atoms with Gasteiger partial charge in [0.25, 0.3) is 0 Å². The molecule has 0 unspecified atom stereocenters. The maximum absolute atomic E-state index is 13.6. The summed E-state index contributed by atoms with van der Waals surface area (Å²) in [5.74, 6) is -1.07. The number of anilines is 1. The van der Waals surface area contributed by atoms with Gasteiger partial charge in [-0.1, -0.05) is 24.3 Å². The average Bonchev–Trinajstić information content (AvgIpc) is 2.69. The zero-order valence-corrected chi connectivity index (χ0v) is 16.4. The quantitative estimate of drug-likeness (QED) is 0.212. The molecule has 7 heteroatoms. The van der Waals surface area contributed by atoms with E-state index < -0.39 is 11.8 Å². The number of nitrogens with one attached hydrogen (secondary N) is 2. The number of nitrogens with zero attached hydrogens (tertiary/aromatic N) is 1. The van der Waals surface area contributed by atoms with Crippen molar-refractivity contribution in [2.75, 3.05) is 5.32 Å². The molecule has 0 saturated carbocycles. The molecule has 0 radical (unpaired) electrons. The van der Waals surface area contributed by atoms with Gasteiger partial charge in [0.15, 0.2) is 5.11 Å². The zero-order valence-electron chi connectivity index (χ0n) is 15.6. The number of hydrazone groups is 1. The first-order valence-corrected chi connectivity index (χ1v) is 9.15. The van der Waals surface area contributed by atoms with Crippen molar-refractivity contribution in [1.82, 2.24) is 5.43 Å². The van der Waals surface area contributed by atoms with Gasteiger partial charge in [-0.15, -0.1) is 0 Å². The Kier molecular flexibility index (Phi) is 6.65. The van der Waals surface area contributed by atoms with E-state index in [1.54, 1.807) is 36.5 Å². The van der Waals surface area contributed by atoms with Crippen LogP contribution in [0.5, 0.6) is 5.75 Å². The van der Waals surface area contributed by atoms with Crippen LogP contribution in [0.3, 0.4) is 0 Å². The molecule has 0 fully saturated rings. The Balaban J connectivity index is 1.53. The number of hydrogen-bond donors (Lipinski definition) is 2. The Labute approximate surface area is 173 Å². The van der Waals surface area contributed by atoms with Gasteiger partial charge in [0.05, 0.1) is 11.8 Å². The molecule has 0 aliphatic heterocycles. The van der Waals surface area contributed by atoms with Crippen LogP contribution in [0.25, 0.3) is 0 Å². The van der Waals surface area contributed by atoms with Gasteiger partial charge in [-0.05, 0) is 78.8 Å². The SMILES string of the molecule is Cc1cccc(NC(=S)N/N=C/c2ccc(OC(=O)c3ccccc3F)cc2)c1. The lowest BCUT2D eigenvalue weighted by Crippen LogP contribution is -2.23. The van der Waals surface area contributed by atoms with E-state index in [-0.39, 0.29) is 5.56 Å². The van der Waals surface area contributed by atoms with Gasteiger partial charge in [-0.25, -0.2) is 9.18 Å². The molecule has 0 bridgehead atoms. The van der Waals surface area contributed by atoms with Crippen LogP contribution in [0.1, 0.15) is 21.5 Å². The summed E-state index contributed by atoms with van der Waals surface area (Å²) in [6, 6.07) is 20.1. The molecule has 3 aromatic carbocycles. The minimum atomic E-state index is -0.751. The first-order chi connectivity index (χ1) is 14.0. The second-order valence-corrected chi connectivity index (χ2v) is 6.54. The topological polar surface area (TPSA) is 62.7 Å². The standard InChI is InChI=1S/C22H18FN3O2S/c1-15-5-4-6-17(13-15)25-22(29)26-24-14-16-9-11-18(12-10-16)28-21(27)19-7-2-3-8-20(19)23/h2-14H,1H3,(H2,25,26,29)/b24-14+. The molecule has 0 saturated heterocycles. The smallest absolute Gasteiger partial charge is 0.346 e. The lowest BCUT2D eigenvalue weighted by Gasteiger charge is -2.07. The third-order valence-electron chi connectivity index (χ3n) is 3.84. The van der Waals surface area contributed by atoms with E-state index in [4.69, 9.17) is 17.0 Å². The number of carbonyl (C=O) groups is 1. The summed E-state index contributed by atoms with van der Waals surface area (Å²) in [7, 11) is 0. The van der Waals surface area contributed by atoms with Crippen LogP contribution >= 0.6 is 12.2 Å². The van der Waals surface area contributed by atoms with Gasteiger partial charge in [-0.2, -0.15) is 5.10 Å². The molecule has 0 amide bonds. The van der Waals surface area contributed by atoms with Crippen molar-refractivity contribution in [2.45, 2.75) is 6.92 Å². The van der Waals surface area contributed by atoms with Crippen molar-refractivity contribution in [3.05, 3.63) is 95.3 Å². The van der Waals surface area contributed by atoms with Crippen molar-refractivity contribution < 1.29 is 13.9 Å². The van der Waals surface area contributed by atoms with E-state index in [0.29, 0.717) is 10.9 Å². The van der Waals surface area contributed by atoms with Crippen molar-refractivity contribution in [1.29, 1.82) is 0 Å². The minimum absolute atomic E-state index is 0.114. The summed E-state index contributed by atoms with van der Waals surface area (Å²) in [5.41, 5.74) is 5.38. The van der Waals surface area contributed by atoms with Crippen molar-refractivity contribution in [2.24, 2.45) is 5.10 Å². The van der Waals surface area contributed by atoms with Gasteiger partial charge in [0.1, 0.15) is 11.6 Å². The molecule has 3 rings (SSSR count). The molecule has 146 valence electrons. The maximum atomic E-state index is 13.6. The number of benzene rings is 3. The summed E-state index contributed by atoms with van der Waals surface area (Å²) < 4.78 is 18.8. The molecule has 0 heterocycles. The third kappa shape index (κ3) is 5.95. The fourth-order valence-corrected chi connectivity index (χ4v) is 2.63. The predicted molar refractivity (Wildman–Crippen MR) is 116 cm³/mol. The molecule has 0 aliphatic rings. The predicted octanol–water partition coefficient (Wildman–Crippen LogP) is 4.67. The molecule has 0 atom stereocenters. The fraction of sp³-hybridized carbons (Fsp3) is 0.0455. The maximum Gasteiger partial charge on any atom is 0.346 e. The molecule has 2 N–H and O–H groups in total. The molecular weight excluding hydrogens is 389 g/mol. The Morgan fingerprint density at radius 1 is 1.07 bits per heavy atom. The van der Waals surface area contributed by atoms with Gasteiger partial charge in [0.2, 0.25) is 0 Å². The largest absolute Gasteiger partial charge is 0.423 e. The second kappa shape index (κ2) is 9.57. The zero-order chi connectivity index (χ0) is 20.6. The van der Waals surface area contributed by atoms with Gasteiger partial charge >= 0.3 is 5.97 Å². The molecule has 0 aromatic heterocycles. The normalized spacial score (nSPS) is 10.6. The van der Waals surface area contributed by atoms with Crippen molar-refractivity contribution in [3.8, 4) is 5.75 Å². The molecule has 0 aliphatic carbocycles. The summed E-state index contributed by atoms with van der Waals surface area (Å²) in [5, 5.41) is 7.48. The first-order valence-electron chi connectivity index (χ1n) is 8.75. The number of carbonyl (C=O) groups excluding carboxylic acids is 1. The highest BCUT2D eigenvalue weighted by Gasteiger charge is 2.13. The number of thiocarbonyl (C=S) groups is 1. The molecule has 29 heavy (non-hydrogen) atoms. The highest BCUT2D eigenvalue weighted by molar-refractivity contribution is 7.80. The minimum Gasteiger partial charge on any atom is -0.423 e. The number of aryl methyl sites for hydroxylation is 1. The Morgan fingerprint density at radius 2 is 1.83 bits per heavy atom. The Hall–Kier alpha value is -3.58. The molecule has 5 nitrogen and oxygen atoms in total. The lowest BCUT2D eigenvalue weighted by atomic mass is 10.2. The van der Waals surface area contributed by atoms with Crippen LogP contribution in [-0.2, 0) is 0 Å².